The van der Waals surface area contributed by atoms with Gasteiger partial charge in [0.15, 0.2) is 0 Å². The molecule has 0 bridgehead atoms. The van der Waals surface area contributed by atoms with E-state index in [1.807, 2.05) is 20.8 Å². The molecular formula is C15H21FN2O2. The maximum Gasteiger partial charge on any atom is 0.245 e. The summed E-state index contributed by atoms with van der Waals surface area (Å²) in [6, 6.07) is 4.40. The molecular weight excluding hydrogens is 259 g/mol. The van der Waals surface area contributed by atoms with E-state index in [2.05, 4.69) is 11.9 Å². The van der Waals surface area contributed by atoms with Gasteiger partial charge in [0, 0.05) is 5.69 Å². The molecule has 20 heavy (non-hydrogen) atoms. The number of nitrogens with one attached hydrogen (secondary N) is 1. The van der Waals surface area contributed by atoms with E-state index in [0.29, 0.717) is 12.1 Å². The second-order valence-corrected chi connectivity index (χ2v) is 3.83. The number of halogens is 1. The van der Waals surface area contributed by atoms with Gasteiger partial charge in [-0.2, -0.15) is 0 Å². The summed E-state index contributed by atoms with van der Waals surface area (Å²) in [5.41, 5.74) is 6.09. The summed E-state index contributed by atoms with van der Waals surface area (Å²) in [6.45, 7) is 8.85. The zero-order valence-electron chi connectivity index (χ0n) is 12.1. The fourth-order valence-electron chi connectivity index (χ4n) is 1.40. The molecule has 0 heterocycles. The molecule has 0 aliphatic carbocycles. The lowest BCUT2D eigenvalue weighted by atomic mass is 10.1. The highest BCUT2D eigenvalue weighted by molar-refractivity contribution is 6.44. The standard InChI is InChI=1S/C13H15FN2O2.C2H6/c1-3-9-4-10(14)6-11(5-9)16-7-12(17)13(18)8(2)15;1-2/h4-6,16H,2-3,7,15H2,1H3;1-2H3. The molecule has 0 radical (unpaired) electrons. The van der Waals surface area contributed by atoms with E-state index in [0.717, 1.165) is 5.56 Å². The van der Waals surface area contributed by atoms with Gasteiger partial charge in [-0.25, -0.2) is 4.39 Å². The van der Waals surface area contributed by atoms with Crippen molar-refractivity contribution in [3.05, 3.63) is 41.9 Å². The van der Waals surface area contributed by atoms with Gasteiger partial charge in [-0.3, -0.25) is 9.59 Å². The van der Waals surface area contributed by atoms with Crippen molar-refractivity contribution in [2.45, 2.75) is 27.2 Å². The first-order valence-electron chi connectivity index (χ1n) is 6.49. The van der Waals surface area contributed by atoms with Crippen LogP contribution >= 0.6 is 0 Å². The highest BCUT2D eigenvalue weighted by Crippen LogP contribution is 2.14. The number of hydrogen-bond donors (Lipinski definition) is 2. The average Bonchev–Trinajstić information content (AvgIpc) is 2.45. The average molecular weight is 280 g/mol. The Morgan fingerprint density at radius 2 is 1.90 bits per heavy atom. The van der Waals surface area contributed by atoms with Crippen LogP contribution in [0.15, 0.2) is 30.5 Å². The van der Waals surface area contributed by atoms with Crippen molar-refractivity contribution in [3.63, 3.8) is 0 Å². The van der Waals surface area contributed by atoms with Gasteiger partial charge < -0.3 is 11.1 Å². The van der Waals surface area contributed by atoms with Crippen LogP contribution in [-0.2, 0) is 16.0 Å². The lowest BCUT2D eigenvalue weighted by Gasteiger charge is -2.07. The molecule has 110 valence electrons. The molecule has 5 heteroatoms. The van der Waals surface area contributed by atoms with Gasteiger partial charge in [-0.15, -0.1) is 0 Å². The van der Waals surface area contributed by atoms with Crippen LogP contribution in [0, 0.1) is 5.82 Å². The number of rotatable bonds is 6. The zero-order chi connectivity index (χ0) is 15.7. The van der Waals surface area contributed by atoms with Gasteiger partial charge >= 0.3 is 0 Å². The van der Waals surface area contributed by atoms with Crippen LogP contribution < -0.4 is 11.1 Å². The fraction of sp³-hybridized carbons (Fsp3) is 0.333. The van der Waals surface area contributed by atoms with Crippen LogP contribution in [0.5, 0.6) is 0 Å². The molecule has 1 rings (SSSR count). The molecule has 1 aromatic rings. The van der Waals surface area contributed by atoms with Crippen molar-refractivity contribution in [1.82, 2.24) is 0 Å². The maximum atomic E-state index is 13.2. The molecule has 3 N–H and O–H groups in total. The molecule has 0 saturated carbocycles. The number of ketones is 2. The smallest absolute Gasteiger partial charge is 0.245 e. The molecule has 0 aliphatic heterocycles. The molecule has 0 aromatic heterocycles. The quantitative estimate of drug-likeness (QED) is 0.620. The summed E-state index contributed by atoms with van der Waals surface area (Å²) >= 11 is 0. The van der Waals surface area contributed by atoms with Gasteiger partial charge in [-0.05, 0) is 30.2 Å². The van der Waals surface area contributed by atoms with Crippen molar-refractivity contribution in [3.8, 4) is 0 Å². The predicted molar refractivity (Wildman–Crippen MR) is 79.0 cm³/mol. The molecule has 0 unspecified atom stereocenters. The number of aryl methyl sites for hydroxylation is 1. The summed E-state index contributed by atoms with van der Waals surface area (Å²) in [6.07, 6.45) is 0.679. The topological polar surface area (TPSA) is 72.2 Å². The predicted octanol–water partition coefficient (Wildman–Crippen LogP) is 2.44. The van der Waals surface area contributed by atoms with Crippen LogP contribution in [-0.4, -0.2) is 18.1 Å². The third-order valence-corrected chi connectivity index (χ3v) is 2.36. The second-order valence-electron chi connectivity index (χ2n) is 3.83. The molecule has 0 aliphatic rings. The molecule has 0 atom stereocenters. The Labute approximate surface area is 118 Å². The zero-order valence-corrected chi connectivity index (χ0v) is 12.1. The number of nitrogens with two attached hydrogens (primary N) is 1. The van der Waals surface area contributed by atoms with Crippen LogP contribution in [0.3, 0.4) is 0 Å². The van der Waals surface area contributed by atoms with Crippen molar-refractivity contribution >= 4 is 17.3 Å². The van der Waals surface area contributed by atoms with Gasteiger partial charge in [0.1, 0.15) is 5.82 Å². The normalized spacial score (nSPS) is 9.20. The number of carbonyl (C=O) groups excluding carboxylic acids is 2. The van der Waals surface area contributed by atoms with Crippen LogP contribution in [0.2, 0.25) is 0 Å². The monoisotopic (exact) mass is 280 g/mol. The third kappa shape index (κ3) is 5.65. The maximum absolute atomic E-state index is 13.2. The highest BCUT2D eigenvalue weighted by atomic mass is 19.1. The van der Waals surface area contributed by atoms with Gasteiger partial charge in [0.05, 0.1) is 12.2 Å². The van der Waals surface area contributed by atoms with Crippen LogP contribution in [0.25, 0.3) is 0 Å². The van der Waals surface area contributed by atoms with Crippen LogP contribution in [0.4, 0.5) is 10.1 Å². The minimum Gasteiger partial charge on any atom is -0.396 e. The Kier molecular flexibility index (Phi) is 7.89. The summed E-state index contributed by atoms with van der Waals surface area (Å²) in [4.78, 5) is 22.5. The van der Waals surface area contributed by atoms with E-state index in [1.165, 1.54) is 12.1 Å². The molecule has 0 saturated heterocycles. The number of carbonyl (C=O) groups is 2. The lowest BCUT2D eigenvalue weighted by Crippen LogP contribution is -2.26. The van der Waals surface area contributed by atoms with Gasteiger partial charge in [0.25, 0.3) is 0 Å². The first kappa shape index (κ1) is 17.8. The van der Waals surface area contributed by atoms with Crippen molar-refractivity contribution in [1.29, 1.82) is 0 Å². The SMILES string of the molecule is C=C(N)C(=O)C(=O)CNc1cc(F)cc(CC)c1.CC. The van der Waals surface area contributed by atoms with E-state index < -0.39 is 11.6 Å². The summed E-state index contributed by atoms with van der Waals surface area (Å²) in [7, 11) is 0. The Bertz CT molecular complexity index is 499. The number of allylic oxidation sites excluding steroid dienone is 1. The largest absolute Gasteiger partial charge is 0.396 e. The van der Waals surface area contributed by atoms with Gasteiger partial charge in [0.2, 0.25) is 11.6 Å². The minimum absolute atomic E-state index is 0.234. The second kappa shape index (κ2) is 8.85. The molecule has 0 amide bonds. The van der Waals surface area contributed by atoms with E-state index in [-0.39, 0.29) is 18.1 Å². The van der Waals surface area contributed by atoms with Crippen molar-refractivity contribution in [2.24, 2.45) is 5.73 Å². The van der Waals surface area contributed by atoms with E-state index >= 15 is 0 Å². The highest BCUT2D eigenvalue weighted by Gasteiger charge is 2.14. The molecule has 0 fully saturated rings. The van der Waals surface area contributed by atoms with Crippen molar-refractivity contribution < 1.29 is 14.0 Å². The van der Waals surface area contributed by atoms with E-state index in [9.17, 15) is 14.0 Å². The molecule has 0 spiro atoms. The van der Waals surface area contributed by atoms with Gasteiger partial charge in [-0.1, -0.05) is 27.4 Å². The van der Waals surface area contributed by atoms with E-state index in [4.69, 9.17) is 5.73 Å². The number of benzene rings is 1. The Balaban J connectivity index is 0.00000172. The summed E-state index contributed by atoms with van der Waals surface area (Å²) < 4.78 is 13.2. The first-order valence-corrected chi connectivity index (χ1v) is 6.49. The summed E-state index contributed by atoms with van der Waals surface area (Å²) in [5, 5.41) is 2.69. The molecule has 1 aromatic carbocycles. The number of Topliss-reactive ketones (excluding diaryl/α,β-unsaturated/α-hetero) is 2. The lowest BCUT2D eigenvalue weighted by molar-refractivity contribution is -0.133. The molecule has 4 nitrogen and oxygen atoms in total. The minimum atomic E-state index is -0.824. The van der Waals surface area contributed by atoms with Crippen LogP contribution in [0.1, 0.15) is 26.3 Å². The van der Waals surface area contributed by atoms with Crippen molar-refractivity contribution in [2.75, 3.05) is 11.9 Å². The number of hydrogen-bond acceptors (Lipinski definition) is 4. The summed E-state index contributed by atoms with van der Waals surface area (Å²) in [5.74, 6) is -1.92. The third-order valence-electron chi connectivity index (χ3n) is 2.36. The Morgan fingerprint density at radius 3 is 2.40 bits per heavy atom. The van der Waals surface area contributed by atoms with E-state index in [1.54, 1.807) is 6.07 Å². The number of anilines is 1. The fourth-order valence-corrected chi connectivity index (χ4v) is 1.40. The Morgan fingerprint density at radius 1 is 1.30 bits per heavy atom. The Hall–Kier alpha value is -2.17. The first-order chi connectivity index (χ1) is 9.43.